The SMILES string of the molecule is COc1cccnc1NC(=S)NCCCSCc1ccccc1F. The predicted octanol–water partition coefficient (Wildman–Crippen LogP) is 3.84. The number of rotatable bonds is 8. The lowest BCUT2D eigenvalue weighted by Gasteiger charge is -2.12. The van der Waals surface area contributed by atoms with Crippen molar-refractivity contribution < 1.29 is 9.13 Å². The van der Waals surface area contributed by atoms with Crippen LogP contribution in [0.25, 0.3) is 0 Å². The zero-order valence-electron chi connectivity index (χ0n) is 13.4. The number of pyridine rings is 1. The van der Waals surface area contributed by atoms with Gasteiger partial charge in [0.05, 0.1) is 7.11 Å². The van der Waals surface area contributed by atoms with Crippen LogP contribution in [0.3, 0.4) is 0 Å². The Morgan fingerprint density at radius 3 is 2.92 bits per heavy atom. The zero-order valence-corrected chi connectivity index (χ0v) is 15.1. The topological polar surface area (TPSA) is 46.2 Å². The van der Waals surface area contributed by atoms with Crippen molar-refractivity contribution in [3.05, 3.63) is 54.0 Å². The van der Waals surface area contributed by atoms with Gasteiger partial charge < -0.3 is 15.4 Å². The van der Waals surface area contributed by atoms with E-state index in [0.29, 0.717) is 22.4 Å². The molecule has 0 spiro atoms. The molecule has 4 nitrogen and oxygen atoms in total. The number of halogens is 1. The molecule has 0 amide bonds. The van der Waals surface area contributed by atoms with E-state index in [0.717, 1.165) is 24.3 Å². The van der Waals surface area contributed by atoms with Crippen molar-refractivity contribution >= 4 is 34.9 Å². The highest BCUT2D eigenvalue weighted by atomic mass is 32.2. The lowest BCUT2D eigenvalue weighted by molar-refractivity contribution is 0.415. The van der Waals surface area contributed by atoms with Gasteiger partial charge in [0.2, 0.25) is 0 Å². The number of hydrogen-bond acceptors (Lipinski definition) is 4. The Morgan fingerprint density at radius 1 is 1.29 bits per heavy atom. The van der Waals surface area contributed by atoms with Crippen LogP contribution in [-0.4, -0.2) is 29.5 Å². The molecule has 0 aliphatic rings. The van der Waals surface area contributed by atoms with Crippen molar-refractivity contribution in [2.45, 2.75) is 12.2 Å². The van der Waals surface area contributed by atoms with Gasteiger partial charge in [0, 0.05) is 18.5 Å². The van der Waals surface area contributed by atoms with Gasteiger partial charge in [-0.2, -0.15) is 11.8 Å². The monoisotopic (exact) mass is 365 g/mol. The summed E-state index contributed by atoms with van der Waals surface area (Å²) in [5.74, 6) is 2.70. The van der Waals surface area contributed by atoms with E-state index in [9.17, 15) is 4.39 Å². The number of benzene rings is 1. The van der Waals surface area contributed by atoms with Crippen LogP contribution in [0.15, 0.2) is 42.6 Å². The average molecular weight is 365 g/mol. The van der Waals surface area contributed by atoms with Crippen LogP contribution in [0.2, 0.25) is 0 Å². The minimum atomic E-state index is -0.141. The first-order valence-electron chi connectivity index (χ1n) is 7.55. The van der Waals surface area contributed by atoms with Gasteiger partial charge in [-0.25, -0.2) is 9.37 Å². The highest BCUT2D eigenvalue weighted by Crippen LogP contribution is 2.19. The number of thioether (sulfide) groups is 1. The van der Waals surface area contributed by atoms with Crippen LogP contribution in [0.4, 0.5) is 10.2 Å². The van der Waals surface area contributed by atoms with Gasteiger partial charge in [-0.15, -0.1) is 0 Å². The summed E-state index contributed by atoms with van der Waals surface area (Å²) in [7, 11) is 1.59. The molecule has 1 aromatic heterocycles. The normalized spacial score (nSPS) is 10.2. The molecule has 2 rings (SSSR count). The first-order chi connectivity index (χ1) is 11.7. The van der Waals surface area contributed by atoms with E-state index in [4.69, 9.17) is 17.0 Å². The van der Waals surface area contributed by atoms with Crippen LogP contribution in [0.1, 0.15) is 12.0 Å². The van der Waals surface area contributed by atoms with Crippen LogP contribution in [-0.2, 0) is 5.75 Å². The Balaban J connectivity index is 1.62. The van der Waals surface area contributed by atoms with E-state index in [1.807, 2.05) is 18.2 Å². The zero-order chi connectivity index (χ0) is 17.2. The molecule has 0 radical (unpaired) electrons. The number of methoxy groups -OCH3 is 1. The summed E-state index contributed by atoms with van der Waals surface area (Å²) in [6.45, 7) is 0.741. The third kappa shape index (κ3) is 5.98. The van der Waals surface area contributed by atoms with Crippen molar-refractivity contribution in [1.29, 1.82) is 0 Å². The minimum absolute atomic E-state index is 0.141. The highest BCUT2D eigenvalue weighted by molar-refractivity contribution is 7.98. The summed E-state index contributed by atoms with van der Waals surface area (Å²) in [5, 5.41) is 6.65. The van der Waals surface area contributed by atoms with E-state index in [1.165, 1.54) is 6.07 Å². The molecule has 2 N–H and O–H groups in total. The summed E-state index contributed by atoms with van der Waals surface area (Å²) in [4.78, 5) is 4.19. The molecule has 0 unspecified atom stereocenters. The largest absolute Gasteiger partial charge is 0.493 e. The molecule has 0 atom stereocenters. The van der Waals surface area contributed by atoms with Crippen molar-refractivity contribution in [2.24, 2.45) is 0 Å². The van der Waals surface area contributed by atoms with Gasteiger partial charge in [-0.05, 0) is 48.2 Å². The molecule has 0 aliphatic carbocycles. The van der Waals surface area contributed by atoms with Crippen LogP contribution < -0.4 is 15.4 Å². The number of nitrogens with zero attached hydrogens (tertiary/aromatic N) is 1. The highest BCUT2D eigenvalue weighted by Gasteiger charge is 2.05. The number of thiocarbonyl (C=S) groups is 1. The van der Waals surface area contributed by atoms with Gasteiger partial charge in [-0.3, -0.25) is 0 Å². The van der Waals surface area contributed by atoms with Gasteiger partial charge >= 0.3 is 0 Å². The van der Waals surface area contributed by atoms with E-state index >= 15 is 0 Å². The summed E-state index contributed by atoms with van der Waals surface area (Å²) >= 11 is 6.95. The Hall–Kier alpha value is -1.86. The maximum Gasteiger partial charge on any atom is 0.174 e. The first kappa shape index (κ1) is 18.5. The van der Waals surface area contributed by atoms with Crippen LogP contribution >= 0.6 is 24.0 Å². The standard InChI is InChI=1S/C17H20FN3OS2/c1-22-15-8-4-9-19-16(15)21-17(23)20-10-5-11-24-12-13-6-2-3-7-14(13)18/h2-4,6-9H,5,10-12H2,1H3,(H2,19,20,21,23). The molecule has 7 heteroatoms. The molecule has 0 fully saturated rings. The first-order valence-corrected chi connectivity index (χ1v) is 9.12. The van der Waals surface area contributed by atoms with E-state index < -0.39 is 0 Å². The smallest absolute Gasteiger partial charge is 0.174 e. The van der Waals surface area contributed by atoms with Crippen LogP contribution in [0.5, 0.6) is 5.75 Å². The molecule has 0 bridgehead atoms. The van der Waals surface area contributed by atoms with Gasteiger partial charge in [0.15, 0.2) is 16.7 Å². The number of aromatic nitrogens is 1. The summed E-state index contributed by atoms with van der Waals surface area (Å²) in [6.07, 6.45) is 2.60. The Morgan fingerprint density at radius 2 is 2.12 bits per heavy atom. The summed E-state index contributed by atoms with van der Waals surface area (Å²) in [6, 6.07) is 10.5. The fourth-order valence-electron chi connectivity index (χ4n) is 1.97. The van der Waals surface area contributed by atoms with Gasteiger partial charge in [0.1, 0.15) is 5.82 Å². The fourth-order valence-corrected chi connectivity index (χ4v) is 3.12. The second-order valence-electron chi connectivity index (χ2n) is 4.93. The minimum Gasteiger partial charge on any atom is -0.493 e. The molecule has 2 aromatic rings. The van der Waals surface area contributed by atoms with Gasteiger partial charge in [-0.1, -0.05) is 18.2 Å². The van der Waals surface area contributed by atoms with Gasteiger partial charge in [0.25, 0.3) is 0 Å². The van der Waals surface area contributed by atoms with E-state index in [-0.39, 0.29) is 5.82 Å². The Labute approximate surface area is 151 Å². The molecule has 1 aromatic carbocycles. The molecular formula is C17H20FN3OS2. The molecule has 0 saturated heterocycles. The molecule has 0 saturated carbocycles. The number of hydrogen-bond donors (Lipinski definition) is 2. The molecule has 24 heavy (non-hydrogen) atoms. The average Bonchev–Trinajstić information content (AvgIpc) is 2.60. The maximum atomic E-state index is 13.5. The summed E-state index contributed by atoms with van der Waals surface area (Å²) in [5.41, 5.74) is 0.745. The molecule has 1 heterocycles. The van der Waals surface area contributed by atoms with Crippen LogP contribution in [0, 0.1) is 5.82 Å². The second-order valence-corrected chi connectivity index (χ2v) is 6.45. The Bertz CT molecular complexity index is 670. The Kier molecular flexibility index (Phi) is 7.77. The second kappa shape index (κ2) is 10.1. The lowest BCUT2D eigenvalue weighted by Crippen LogP contribution is -2.30. The van der Waals surface area contributed by atoms with E-state index in [1.54, 1.807) is 37.2 Å². The fraction of sp³-hybridized carbons (Fsp3) is 0.294. The third-order valence-electron chi connectivity index (χ3n) is 3.19. The lowest BCUT2D eigenvalue weighted by atomic mass is 10.2. The number of ether oxygens (including phenoxy) is 1. The van der Waals surface area contributed by atoms with Crippen molar-refractivity contribution in [3.63, 3.8) is 0 Å². The summed E-state index contributed by atoms with van der Waals surface area (Å²) < 4.78 is 18.7. The van der Waals surface area contributed by atoms with Crippen molar-refractivity contribution in [2.75, 3.05) is 24.7 Å². The van der Waals surface area contributed by atoms with Crippen molar-refractivity contribution in [1.82, 2.24) is 10.3 Å². The maximum absolute atomic E-state index is 13.5. The number of anilines is 1. The third-order valence-corrected chi connectivity index (χ3v) is 4.53. The predicted molar refractivity (Wildman–Crippen MR) is 102 cm³/mol. The molecule has 128 valence electrons. The van der Waals surface area contributed by atoms with E-state index in [2.05, 4.69) is 15.6 Å². The molecule has 0 aliphatic heterocycles. The molecular weight excluding hydrogens is 345 g/mol. The quantitative estimate of drug-likeness (QED) is 0.547. The van der Waals surface area contributed by atoms with Crippen molar-refractivity contribution in [3.8, 4) is 5.75 Å². The number of nitrogens with one attached hydrogen (secondary N) is 2.